The Bertz CT molecular complexity index is 1110. The summed E-state index contributed by atoms with van der Waals surface area (Å²) in [7, 11) is 0. The van der Waals surface area contributed by atoms with Gasteiger partial charge in [-0.15, -0.1) is 0 Å². The van der Waals surface area contributed by atoms with E-state index in [0.717, 1.165) is 80.3 Å². The minimum absolute atomic E-state index is 0.125. The second-order valence-electron chi connectivity index (χ2n) is 13.6. The maximum atomic E-state index is 11.8. The van der Waals surface area contributed by atoms with Gasteiger partial charge in [0.2, 0.25) is 0 Å². The average molecular weight is 496 g/mol. The summed E-state index contributed by atoms with van der Waals surface area (Å²) >= 11 is 0. The summed E-state index contributed by atoms with van der Waals surface area (Å²) in [6.45, 7) is 9.16. The first kappa shape index (κ1) is 24.9. The number of hydrogen-bond donors (Lipinski definition) is 3. The summed E-state index contributed by atoms with van der Waals surface area (Å²) in [5.41, 5.74) is 2.95. The first-order valence-electron chi connectivity index (χ1n) is 14.5. The van der Waals surface area contributed by atoms with Crippen LogP contribution in [0.3, 0.4) is 0 Å². The van der Waals surface area contributed by atoms with Crippen LogP contribution in [0.5, 0.6) is 0 Å². The van der Waals surface area contributed by atoms with E-state index >= 15 is 0 Å². The lowest BCUT2D eigenvalue weighted by molar-refractivity contribution is -0.207. The van der Waals surface area contributed by atoms with Crippen LogP contribution in [0.15, 0.2) is 22.6 Å². The molecule has 4 aliphatic carbocycles. The van der Waals surface area contributed by atoms with E-state index in [2.05, 4.69) is 33.8 Å². The van der Waals surface area contributed by atoms with Crippen LogP contribution in [0.4, 0.5) is 0 Å². The molecule has 1 aromatic heterocycles. The molecule has 0 saturated heterocycles. The van der Waals surface area contributed by atoms with Crippen molar-refractivity contribution in [2.45, 2.75) is 104 Å². The van der Waals surface area contributed by atoms with Gasteiger partial charge < -0.3 is 19.7 Å². The molecular formula is C31H45NO4. The molecule has 5 heteroatoms. The normalized spacial score (nSPS) is 45.2. The summed E-state index contributed by atoms with van der Waals surface area (Å²) in [6, 6.07) is 6.09. The number of oxazole rings is 1. The van der Waals surface area contributed by atoms with Gasteiger partial charge in [-0.25, -0.2) is 4.98 Å². The third-order valence-electron chi connectivity index (χ3n) is 12.0. The third kappa shape index (κ3) is 3.63. The lowest BCUT2D eigenvalue weighted by Crippen LogP contribution is -2.62. The number of hydrogen-bond acceptors (Lipinski definition) is 5. The Morgan fingerprint density at radius 3 is 2.64 bits per heavy atom. The molecule has 3 N–H and O–H groups in total. The minimum Gasteiger partial charge on any atom is -0.441 e. The molecule has 5 nitrogen and oxygen atoms in total. The van der Waals surface area contributed by atoms with Gasteiger partial charge in [0.1, 0.15) is 5.52 Å². The molecule has 4 fully saturated rings. The first-order chi connectivity index (χ1) is 17.1. The van der Waals surface area contributed by atoms with Crippen LogP contribution < -0.4 is 0 Å². The molecule has 1 aromatic carbocycles. The van der Waals surface area contributed by atoms with E-state index in [-0.39, 0.29) is 35.1 Å². The van der Waals surface area contributed by atoms with Crippen LogP contribution in [-0.4, -0.2) is 38.6 Å². The van der Waals surface area contributed by atoms with Crippen molar-refractivity contribution in [3.63, 3.8) is 0 Å². The number of aliphatic hydroxyl groups excluding tert-OH is 3. The predicted octanol–water partition coefficient (Wildman–Crippen LogP) is 5.67. The second kappa shape index (κ2) is 8.81. The molecule has 36 heavy (non-hydrogen) atoms. The fourth-order valence-electron chi connectivity index (χ4n) is 9.92. The fourth-order valence-corrected chi connectivity index (χ4v) is 9.92. The van der Waals surface area contributed by atoms with Gasteiger partial charge in [0, 0.05) is 6.42 Å². The molecule has 0 aliphatic heterocycles. The summed E-state index contributed by atoms with van der Waals surface area (Å²) < 4.78 is 6.06. The largest absolute Gasteiger partial charge is 0.441 e. The van der Waals surface area contributed by atoms with E-state index in [1.165, 1.54) is 0 Å². The zero-order chi connectivity index (χ0) is 25.4. The van der Waals surface area contributed by atoms with Crippen molar-refractivity contribution in [3.05, 3.63) is 29.7 Å². The number of rotatable bonds is 4. The maximum Gasteiger partial charge on any atom is 0.195 e. The maximum absolute atomic E-state index is 11.8. The number of fused-ring (bicyclic) bond motifs is 6. The van der Waals surface area contributed by atoms with Gasteiger partial charge in [0.15, 0.2) is 11.5 Å². The van der Waals surface area contributed by atoms with Crippen LogP contribution >= 0.6 is 0 Å². The van der Waals surface area contributed by atoms with E-state index in [1.54, 1.807) is 0 Å². The van der Waals surface area contributed by atoms with E-state index in [9.17, 15) is 15.3 Å². The molecule has 2 aromatic rings. The van der Waals surface area contributed by atoms with Gasteiger partial charge in [0.25, 0.3) is 0 Å². The minimum atomic E-state index is -0.333. The summed E-state index contributed by atoms with van der Waals surface area (Å²) in [5, 5.41) is 33.6. The van der Waals surface area contributed by atoms with Crippen LogP contribution in [0.2, 0.25) is 0 Å². The topological polar surface area (TPSA) is 86.7 Å². The molecule has 0 spiro atoms. The van der Waals surface area contributed by atoms with Crippen molar-refractivity contribution < 1.29 is 19.7 Å². The Morgan fingerprint density at radius 1 is 1.06 bits per heavy atom. The van der Waals surface area contributed by atoms with E-state index < -0.39 is 0 Å². The molecule has 0 amide bonds. The molecule has 1 heterocycles. The highest BCUT2D eigenvalue weighted by Crippen LogP contribution is 2.68. The number of aromatic nitrogens is 1. The first-order valence-corrected chi connectivity index (χ1v) is 14.5. The molecule has 0 radical (unpaired) electrons. The van der Waals surface area contributed by atoms with Crippen LogP contribution in [-0.2, 0) is 6.42 Å². The molecule has 4 saturated carbocycles. The molecule has 6 rings (SSSR count). The Hall–Kier alpha value is -1.43. The third-order valence-corrected chi connectivity index (χ3v) is 12.0. The van der Waals surface area contributed by atoms with E-state index in [0.29, 0.717) is 29.6 Å². The molecule has 4 aliphatic rings. The smallest absolute Gasteiger partial charge is 0.195 e. The van der Waals surface area contributed by atoms with E-state index in [4.69, 9.17) is 9.40 Å². The zero-order valence-electron chi connectivity index (χ0n) is 22.5. The monoisotopic (exact) mass is 495 g/mol. The number of benzene rings is 1. The average Bonchev–Trinajstić information content (AvgIpc) is 3.42. The standard InChI is InChI=1S/C31H45NO4/c1-17(8-11-27-32-29-18(2)6-5-7-25(29)36-27)21-9-10-22-28-23(16-26(35)31(21,22)4)30(3)13-12-20(33)14-19(30)15-24(28)34/h5-7,17,19-24,26,28,33-35H,8-16H2,1-4H3/t17?,19-,20+,21+,22-,23-,24+,26-,28-,30-,31+/m0/s1. The van der Waals surface area contributed by atoms with Crippen LogP contribution in [0, 0.1) is 53.3 Å². The van der Waals surface area contributed by atoms with Crippen molar-refractivity contribution in [3.8, 4) is 0 Å². The Kier molecular flexibility index (Phi) is 6.09. The molecule has 198 valence electrons. The zero-order valence-corrected chi connectivity index (χ0v) is 22.5. The van der Waals surface area contributed by atoms with Crippen molar-refractivity contribution in [2.24, 2.45) is 46.3 Å². The van der Waals surface area contributed by atoms with Crippen LogP contribution in [0.25, 0.3) is 11.1 Å². The summed E-state index contributed by atoms with van der Waals surface area (Å²) in [5.74, 6) is 3.06. The lowest BCUT2D eigenvalue weighted by atomic mass is 9.43. The molecule has 11 atom stereocenters. The lowest BCUT2D eigenvalue weighted by Gasteiger charge is -2.63. The predicted molar refractivity (Wildman–Crippen MR) is 140 cm³/mol. The van der Waals surface area contributed by atoms with Gasteiger partial charge in [-0.2, -0.15) is 0 Å². The molecule has 1 unspecified atom stereocenters. The van der Waals surface area contributed by atoms with Gasteiger partial charge in [0.05, 0.1) is 18.3 Å². The number of nitrogens with zero attached hydrogens (tertiary/aromatic N) is 1. The Labute approximate surface area is 215 Å². The van der Waals surface area contributed by atoms with Gasteiger partial charge >= 0.3 is 0 Å². The van der Waals surface area contributed by atoms with Crippen molar-refractivity contribution in [1.82, 2.24) is 4.98 Å². The van der Waals surface area contributed by atoms with Crippen molar-refractivity contribution in [1.29, 1.82) is 0 Å². The van der Waals surface area contributed by atoms with Gasteiger partial charge in [-0.3, -0.25) is 0 Å². The highest BCUT2D eigenvalue weighted by molar-refractivity contribution is 5.76. The number of aryl methyl sites for hydroxylation is 2. The van der Waals surface area contributed by atoms with Crippen LogP contribution in [0.1, 0.15) is 83.6 Å². The number of para-hydroxylation sites is 1. The highest BCUT2D eigenvalue weighted by atomic mass is 16.3. The summed E-state index contributed by atoms with van der Waals surface area (Å²) in [4.78, 5) is 4.77. The van der Waals surface area contributed by atoms with Gasteiger partial charge in [-0.05, 0) is 116 Å². The number of aliphatic hydroxyl groups is 3. The van der Waals surface area contributed by atoms with Gasteiger partial charge in [-0.1, -0.05) is 32.9 Å². The molecular weight excluding hydrogens is 450 g/mol. The van der Waals surface area contributed by atoms with Crippen molar-refractivity contribution >= 4 is 11.1 Å². The SMILES string of the molecule is Cc1cccc2oc(CCC(C)[C@H]3CC[C@H]4[C@@H]5[C@H](O)C[C@@H]6C[C@H](O)CC[C@]6(C)[C@H]5C[C@H](O)[C@]34C)nc12. The fraction of sp³-hybridized carbons (Fsp3) is 0.774. The highest BCUT2D eigenvalue weighted by Gasteiger charge is 2.65. The van der Waals surface area contributed by atoms with E-state index in [1.807, 2.05) is 12.1 Å². The quantitative estimate of drug-likeness (QED) is 0.509. The summed E-state index contributed by atoms with van der Waals surface area (Å²) in [6.07, 6.45) is 7.47. The second-order valence-corrected chi connectivity index (χ2v) is 13.6. The van der Waals surface area contributed by atoms with Crippen molar-refractivity contribution in [2.75, 3.05) is 0 Å². The Balaban J connectivity index is 1.21. The molecule has 0 bridgehead atoms. The Morgan fingerprint density at radius 2 is 1.86 bits per heavy atom.